The molecule has 0 aliphatic heterocycles. The number of nitrogens with one attached hydrogen (secondary N) is 1. The van der Waals surface area contributed by atoms with Gasteiger partial charge in [0, 0.05) is 25.6 Å². The van der Waals surface area contributed by atoms with Gasteiger partial charge in [0.2, 0.25) is 11.8 Å². The van der Waals surface area contributed by atoms with Gasteiger partial charge >= 0.3 is 0 Å². The number of hydrogen-bond acceptors (Lipinski definition) is 3. The van der Waals surface area contributed by atoms with Gasteiger partial charge in [0.25, 0.3) is 0 Å². The molecule has 0 aliphatic rings. The minimum atomic E-state index is -0.159. The molecular weight excluding hydrogens is 352 g/mol. The third-order valence-electron chi connectivity index (χ3n) is 4.32. The molecule has 2 aromatic rings. The third-order valence-corrected chi connectivity index (χ3v) is 4.32. The van der Waals surface area contributed by atoms with Gasteiger partial charge in [-0.25, -0.2) is 0 Å². The fourth-order valence-corrected chi connectivity index (χ4v) is 3.02. The Kier molecular flexibility index (Phi) is 7.61. The van der Waals surface area contributed by atoms with Crippen molar-refractivity contribution in [1.82, 2.24) is 0 Å². The molecule has 0 spiro atoms. The lowest BCUT2D eigenvalue weighted by Crippen LogP contribution is -2.32. The van der Waals surface area contributed by atoms with Gasteiger partial charge in [0.05, 0.1) is 11.8 Å². The van der Waals surface area contributed by atoms with Crippen molar-refractivity contribution in [3.8, 4) is 5.75 Å². The van der Waals surface area contributed by atoms with Crippen LogP contribution in [0.1, 0.15) is 52.5 Å². The highest BCUT2D eigenvalue weighted by Crippen LogP contribution is 2.28. The van der Waals surface area contributed by atoms with Crippen LogP contribution < -0.4 is 15.0 Å². The summed E-state index contributed by atoms with van der Waals surface area (Å²) in [5.74, 6) is 0.684. The van der Waals surface area contributed by atoms with Crippen LogP contribution in [0.15, 0.2) is 48.5 Å². The van der Waals surface area contributed by atoms with Crippen LogP contribution in [0.25, 0.3) is 0 Å². The van der Waals surface area contributed by atoms with Gasteiger partial charge in [-0.3, -0.25) is 9.59 Å². The van der Waals surface area contributed by atoms with Gasteiger partial charge in [0.1, 0.15) is 5.75 Å². The van der Waals surface area contributed by atoms with Crippen molar-refractivity contribution in [2.45, 2.75) is 53.1 Å². The lowest BCUT2D eigenvalue weighted by molar-refractivity contribution is -0.117. The molecule has 5 nitrogen and oxygen atoms in total. The zero-order valence-corrected chi connectivity index (χ0v) is 17.4. The van der Waals surface area contributed by atoms with E-state index in [1.165, 1.54) is 6.92 Å². The number of benzene rings is 2. The molecule has 2 aromatic carbocycles. The van der Waals surface area contributed by atoms with E-state index < -0.39 is 0 Å². The van der Waals surface area contributed by atoms with Crippen LogP contribution in [0.4, 0.5) is 11.4 Å². The Morgan fingerprint density at radius 2 is 1.64 bits per heavy atom. The molecular formula is C23H30N2O3. The Balaban J connectivity index is 2.09. The summed E-state index contributed by atoms with van der Waals surface area (Å²) in [5.41, 5.74) is 2.59. The fraction of sp³-hybridized carbons (Fsp3) is 0.391. The molecule has 0 unspecified atom stereocenters. The zero-order chi connectivity index (χ0) is 20.7. The van der Waals surface area contributed by atoms with Gasteiger partial charge in [-0.1, -0.05) is 44.2 Å². The predicted octanol–water partition coefficient (Wildman–Crippen LogP) is 4.98. The van der Waals surface area contributed by atoms with Crippen molar-refractivity contribution in [3.05, 3.63) is 54.1 Å². The molecule has 2 rings (SSSR count). The van der Waals surface area contributed by atoms with E-state index in [1.54, 1.807) is 4.90 Å². The Bertz CT molecular complexity index is 815. The molecule has 1 N–H and O–H groups in total. The molecule has 0 aliphatic carbocycles. The molecule has 0 bridgehead atoms. The Labute approximate surface area is 167 Å². The highest BCUT2D eigenvalue weighted by atomic mass is 16.5. The van der Waals surface area contributed by atoms with Crippen molar-refractivity contribution in [2.75, 3.05) is 16.8 Å². The second-order valence-electron chi connectivity index (χ2n) is 7.35. The van der Waals surface area contributed by atoms with Crippen LogP contribution in [0.5, 0.6) is 5.75 Å². The maximum Gasteiger partial charge on any atom is 0.226 e. The van der Waals surface area contributed by atoms with Crippen molar-refractivity contribution in [2.24, 2.45) is 0 Å². The standard InChI is InChI=1S/C23H30N2O3/c1-16(2)19-10-6-8-12-21(19)25(18(5)26)15-14-23(27)24-20-11-7-9-13-22(20)28-17(3)4/h6-13,16-17H,14-15H2,1-5H3,(H,24,27). The highest BCUT2D eigenvalue weighted by Gasteiger charge is 2.18. The van der Waals surface area contributed by atoms with Crippen LogP contribution >= 0.6 is 0 Å². The van der Waals surface area contributed by atoms with Crippen LogP contribution in [-0.4, -0.2) is 24.5 Å². The lowest BCUT2D eigenvalue weighted by Gasteiger charge is -2.25. The van der Waals surface area contributed by atoms with E-state index in [-0.39, 0.29) is 30.3 Å². The number of para-hydroxylation sites is 3. The molecule has 0 saturated heterocycles. The normalized spacial score (nSPS) is 10.8. The van der Waals surface area contributed by atoms with Crippen LogP contribution in [0, 0.1) is 0 Å². The van der Waals surface area contributed by atoms with E-state index in [9.17, 15) is 9.59 Å². The summed E-state index contributed by atoms with van der Waals surface area (Å²) in [5, 5.41) is 2.90. The quantitative estimate of drug-likeness (QED) is 0.700. The molecule has 2 amide bonds. The van der Waals surface area contributed by atoms with Crippen molar-refractivity contribution < 1.29 is 14.3 Å². The maximum absolute atomic E-state index is 12.5. The summed E-state index contributed by atoms with van der Waals surface area (Å²) < 4.78 is 5.74. The second-order valence-corrected chi connectivity index (χ2v) is 7.35. The van der Waals surface area contributed by atoms with Crippen molar-refractivity contribution in [1.29, 1.82) is 0 Å². The van der Waals surface area contributed by atoms with Crippen molar-refractivity contribution >= 4 is 23.2 Å². The van der Waals surface area contributed by atoms with Crippen LogP contribution in [-0.2, 0) is 9.59 Å². The van der Waals surface area contributed by atoms with E-state index in [4.69, 9.17) is 4.74 Å². The molecule has 0 fully saturated rings. The Hall–Kier alpha value is -2.82. The molecule has 0 radical (unpaired) electrons. The van der Waals surface area contributed by atoms with Crippen LogP contribution in [0.2, 0.25) is 0 Å². The van der Waals surface area contributed by atoms with Gasteiger partial charge in [-0.2, -0.15) is 0 Å². The number of carbonyl (C=O) groups is 2. The third kappa shape index (κ3) is 5.84. The summed E-state index contributed by atoms with van der Waals surface area (Å²) in [6, 6.07) is 15.2. The molecule has 150 valence electrons. The van der Waals surface area contributed by atoms with E-state index >= 15 is 0 Å². The number of carbonyl (C=O) groups excluding carboxylic acids is 2. The largest absolute Gasteiger partial charge is 0.489 e. The number of hydrogen-bond donors (Lipinski definition) is 1. The molecule has 5 heteroatoms. The molecule has 28 heavy (non-hydrogen) atoms. The molecule has 0 heterocycles. The van der Waals surface area contributed by atoms with E-state index in [0.29, 0.717) is 18.0 Å². The van der Waals surface area contributed by atoms with Gasteiger partial charge in [-0.15, -0.1) is 0 Å². The Morgan fingerprint density at radius 3 is 2.29 bits per heavy atom. The van der Waals surface area contributed by atoms with E-state index in [2.05, 4.69) is 19.2 Å². The monoisotopic (exact) mass is 382 g/mol. The van der Waals surface area contributed by atoms with Crippen molar-refractivity contribution in [3.63, 3.8) is 0 Å². The van der Waals surface area contributed by atoms with Gasteiger partial charge in [-0.05, 0) is 43.5 Å². The zero-order valence-electron chi connectivity index (χ0n) is 17.4. The average molecular weight is 383 g/mol. The summed E-state index contributed by atoms with van der Waals surface area (Å²) in [6.07, 6.45) is 0.209. The topological polar surface area (TPSA) is 58.6 Å². The molecule has 0 aromatic heterocycles. The highest BCUT2D eigenvalue weighted by molar-refractivity contribution is 5.96. The molecule has 0 saturated carbocycles. The SMILES string of the molecule is CC(=O)N(CCC(=O)Nc1ccccc1OC(C)C)c1ccccc1C(C)C. The second kappa shape index (κ2) is 9.93. The van der Waals surface area contributed by atoms with E-state index in [0.717, 1.165) is 11.3 Å². The first-order valence-electron chi connectivity index (χ1n) is 9.72. The lowest BCUT2D eigenvalue weighted by atomic mass is 10.0. The van der Waals surface area contributed by atoms with Gasteiger partial charge in [0.15, 0.2) is 0 Å². The Morgan fingerprint density at radius 1 is 1.00 bits per heavy atom. The number of ether oxygens (including phenoxy) is 1. The predicted molar refractivity (Wildman–Crippen MR) is 114 cm³/mol. The summed E-state index contributed by atoms with van der Waals surface area (Å²) >= 11 is 0. The summed E-state index contributed by atoms with van der Waals surface area (Å²) in [7, 11) is 0. The minimum Gasteiger partial charge on any atom is -0.489 e. The first-order valence-corrected chi connectivity index (χ1v) is 9.72. The first kappa shape index (κ1) is 21.5. The van der Waals surface area contributed by atoms with E-state index in [1.807, 2.05) is 62.4 Å². The maximum atomic E-state index is 12.5. The summed E-state index contributed by atoms with van der Waals surface area (Å²) in [4.78, 5) is 26.4. The average Bonchev–Trinajstić information content (AvgIpc) is 2.63. The molecule has 0 atom stereocenters. The smallest absolute Gasteiger partial charge is 0.226 e. The summed E-state index contributed by atoms with van der Waals surface area (Å²) in [6.45, 7) is 9.91. The number of rotatable bonds is 8. The van der Waals surface area contributed by atoms with Crippen LogP contribution in [0.3, 0.4) is 0 Å². The first-order chi connectivity index (χ1) is 13.3. The number of anilines is 2. The number of nitrogens with zero attached hydrogens (tertiary/aromatic N) is 1. The fourth-order valence-electron chi connectivity index (χ4n) is 3.02. The number of amides is 2. The minimum absolute atomic E-state index is 0.0128. The van der Waals surface area contributed by atoms with Gasteiger partial charge < -0.3 is 15.0 Å².